The molecule has 10 rings (SSSR count). The van der Waals surface area contributed by atoms with E-state index in [-0.39, 0.29) is 6.04 Å². The lowest BCUT2D eigenvalue weighted by Gasteiger charge is -2.32. The van der Waals surface area contributed by atoms with Gasteiger partial charge in [-0.2, -0.15) is 0 Å². The molecular weight excluding hydrogens is 641 g/mol. The Morgan fingerprint density at radius 3 is 1.88 bits per heavy atom. The second kappa shape index (κ2) is 12.2. The molecule has 9 aromatic rings. The van der Waals surface area contributed by atoms with Crippen molar-refractivity contribution in [2.45, 2.75) is 6.04 Å². The van der Waals surface area contributed by atoms with E-state index >= 15 is 0 Å². The number of hydrogen-bond donors (Lipinski definition) is 1. The van der Waals surface area contributed by atoms with E-state index in [0.29, 0.717) is 0 Å². The highest BCUT2D eigenvalue weighted by Crippen LogP contribution is 2.52. The topological polar surface area (TPSA) is 50.7 Å². The number of nitrogens with zero attached hydrogens (tertiary/aromatic N) is 3. The summed E-state index contributed by atoms with van der Waals surface area (Å²) in [4.78, 5) is 14.2. The molecule has 0 radical (unpaired) electrons. The average Bonchev–Trinajstić information content (AvgIpc) is 3.60. The van der Waals surface area contributed by atoms with E-state index < -0.39 is 0 Å². The Morgan fingerprint density at radius 2 is 1.16 bits per heavy atom. The number of fused-ring (bicyclic) bond motifs is 7. The van der Waals surface area contributed by atoms with Crippen molar-refractivity contribution in [3.63, 3.8) is 0 Å². The number of pyridine rings is 3. The van der Waals surface area contributed by atoms with Crippen LogP contribution in [0.2, 0.25) is 0 Å². The third-order valence-corrected chi connectivity index (χ3v) is 11.0. The first-order chi connectivity index (χ1) is 25.3. The predicted molar refractivity (Wildman–Crippen MR) is 212 cm³/mol. The van der Waals surface area contributed by atoms with Gasteiger partial charge in [-0.1, -0.05) is 109 Å². The van der Waals surface area contributed by atoms with Crippen molar-refractivity contribution in [2.24, 2.45) is 0 Å². The van der Waals surface area contributed by atoms with Gasteiger partial charge in [0.1, 0.15) is 0 Å². The van der Waals surface area contributed by atoms with Crippen LogP contribution >= 0.6 is 11.3 Å². The Hall–Kier alpha value is -6.43. The van der Waals surface area contributed by atoms with Crippen LogP contribution in [0.15, 0.2) is 170 Å². The number of para-hydroxylation sites is 1. The SMILES string of the molecule is c1ccc(C2Nc3c(-c4ccc(-c5cc(-c6ccccn6)nc(-c6ccccn6)c5)cc4)cccc3-c3c2ccc2sc4ccccc4c32)cc1. The minimum Gasteiger partial charge on any atom is -0.373 e. The maximum Gasteiger partial charge on any atom is 0.0900 e. The Bertz CT molecular complexity index is 2650. The number of rotatable bonds is 5. The molecule has 1 aliphatic rings. The van der Waals surface area contributed by atoms with Crippen LogP contribution < -0.4 is 5.32 Å². The largest absolute Gasteiger partial charge is 0.373 e. The van der Waals surface area contributed by atoms with E-state index in [4.69, 9.17) is 4.98 Å². The van der Waals surface area contributed by atoms with E-state index in [9.17, 15) is 0 Å². The minimum absolute atomic E-state index is 0.0176. The highest BCUT2D eigenvalue weighted by atomic mass is 32.1. The molecule has 0 aliphatic carbocycles. The Kier molecular flexibility index (Phi) is 7.03. The fraction of sp³-hybridized carbons (Fsp3) is 0.0217. The molecule has 0 saturated carbocycles. The molecule has 1 aliphatic heterocycles. The monoisotopic (exact) mass is 670 g/mol. The normalized spacial score (nSPS) is 13.5. The fourth-order valence-corrected chi connectivity index (χ4v) is 8.59. The minimum atomic E-state index is 0.0176. The highest BCUT2D eigenvalue weighted by molar-refractivity contribution is 7.26. The number of hydrogen-bond acceptors (Lipinski definition) is 5. The van der Waals surface area contributed by atoms with Gasteiger partial charge in [0, 0.05) is 43.7 Å². The third-order valence-electron chi connectivity index (χ3n) is 9.85. The van der Waals surface area contributed by atoms with Crippen LogP contribution in [0.5, 0.6) is 0 Å². The molecular formula is C46H30N4S. The first-order valence-corrected chi connectivity index (χ1v) is 17.9. The number of nitrogens with one attached hydrogen (secondary N) is 1. The molecule has 1 atom stereocenters. The molecule has 5 heteroatoms. The summed E-state index contributed by atoms with van der Waals surface area (Å²) in [5.41, 5.74) is 14.1. The van der Waals surface area contributed by atoms with Crippen molar-refractivity contribution in [3.05, 3.63) is 181 Å². The summed E-state index contributed by atoms with van der Waals surface area (Å²) in [6.45, 7) is 0. The summed E-state index contributed by atoms with van der Waals surface area (Å²) in [5.74, 6) is 0. The summed E-state index contributed by atoms with van der Waals surface area (Å²) in [6.07, 6.45) is 3.61. The van der Waals surface area contributed by atoms with E-state index in [1.54, 1.807) is 12.4 Å². The summed E-state index contributed by atoms with van der Waals surface area (Å²) >= 11 is 1.87. The van der Waals surface area contributed by atoms with Crippen LogP contribution in [0.3, 0.4) is 0 Å². The second-order valence-electron chi connectivity index (χ2n) is 12.9. The molecule has 0 amide bonds. The molecule has 51 heavy (non-hydrogen) atoms. The van der Waals surface area contributed by atoms with Crippen molar-refractivity contribution in [2.75, 3.05) is 5.32 Å². The lowest BCUT2D eigenvalue weighted by atomic mass is 9.82. The lowest BCUT2D eigenvalue weighted by molar-refractivity contribution is 0.933. The zero-order chi connectivity index (χ0) is 33.7. The number of benzene rings is 5. The molecule has 0 fully saturated rings. The van der Waals surface area contributed by atoms with Crippen molar-refractivity contribution in [1.29, 1.82) is 0 Å². The second-order valence-corrected chi connectivity index (χ2v) is 13.9. The molecule has 4 aromatic heterocycles. The molecule has 5 heterocycles. The zero-order valence-corrected chi connectivity index (χ0v) is 28.3. The highest BCUT2D eigenvalue weighted by Gasteiger charge is 2.30. The van der Waals surface area contributed by atoms with E-state index in [0.717, 1.165) is 45.2 Å². The first-order valence-electron chi connectivity index (χ1n) is 17.1. The van der Waals surface area contributed by atoms with Crippen molar-refractivity contribution < 1.29 is 0 Å². The van der Waals surface area contributed by atoms with Gasteiger partial charge in [0.15, 0.2) is 0 Å². The van der Waals surface area contributed by atoms with Gasteiger partial charge in [-0.3, -0.25) is 9.97 Å². The number of thiophene rings is 1. The van der Waals surface area contributed by atoms with E-state index in [1.165, 1.54) is 48.0 Å². The van der Waals surface area contributed by atoms with Gasteiger partial charge in [-0.05, 0) is 81.9 Å². The summed E-state index contributed by atoms with van der Waals surface area (Å²) in [6, 6.07) is 56.0. The number of aromatic nitrogens is 3. The molecule has 0 saturated heterocycles. The van der Waals surface area contributed by atoms with Gasteiger partial charge in [-0.15, -0.1) is 11.3 Å². The maximum absolute atomic E-state index is 4.97. The van der Waals surface area contributed by atoms with Crippen LogP contribution in [-0.2, 0) is 0 Å². The first kappa shape index (κ1) is 29.5. The summed E-state index contributed by atoms with van der Waals surface area (Å²) in [7, 11) is 0. The van der Waals surface area contributed by atoms with Crippen LogP contribution in [0.1, 0.15) is 17.2 Å². The van der Waals surface area contributed by atoms with Crippen LogP contribution in [0.4, 0.5) is 5.69 Å². The van der Waals surface area contributed by atoms with Crippen LogP contribution in [0, 0.1) is 0 Å². The Balaban J connectivity index is 1.12. The third kappa shape index (κ3) is 5.09. The van der Waals surface area contributed by atoms with Crippen LogP contribution in [-0.4, -0.2) is 15.0 Å². The van der Waals surface area contributed by atoms with Gasteiger partial charge >= 0.3 is 0 Å². The Labute approximate surface area is 299 Å². The van der Waals surface area contributed by atoms with Gasteiger partial charge in [0.25, 0.3) is 0 Å². The molecule has 1 N–H and O–H groups in total. The molecule has 4 nitrogen and oxygen atoms in total. The van der Waals surface area contributed by atoms with Crippen molar-refractivity contribution >= 4 is 37.2 Å². The lowest BCUT2D eigenvalue weighted by Crippen LogP contribution is -2.19. The predicted octanol–water partition coefficient (Wildman–Crippen LogP) is 12.1. The van der Waals surface area contributed by atoms with Gasteiger partial charge in [0.2, 0.25) is 0 Å². The molecule has 1 unspecified atom stereocenters. The van der Waals surface area contributed by atoms with Crippen LogP contribution in [0.25, 0.3) is 76.3 Å². The average molecular weight is 671 g/mol. The quantitative estimate of drug-likeness (QED) is 0.198. The summed E-state index contributed by atoms with van der Waals surface area (Å²) < 4.78 is 2.63. The Morgan fingerprint density at radius 1 is 0.490 bits per heavy atom. The van der Waals surface area contributed by atoms with E-state index in [1.807, 2.05) is 47.7 Å². The van der Waals surface area contributed by atoms with Gasteiger partial charge in [-0.25, -0.2) is 4.98 Å². The van der Waals surface area contributed by atoms with Gasteiger partial charge in [0.05, 0.1) is 34.5 Å². The van der Waals surface area contributed by atoms with E-state index in [2.05, 4.69) is 137 Å². The molecule has 240 valence electrons. The van der Waals surface area contributed by atoms with Gasteiger partial charge < -0.3 is 5.32 Å². The standard InChI is InChI=1S/C46H30N4S/c1-2-11-31(12-3-1)45-36-23-24-42-44(34-13-4-5-18-41(34)51-42)43(36)35-15-10-14-33(46(35)50-45)30-21-19-29(20-22-30)32-27-39(37-16-6-8-25-47-37)49-40(28-32)38-17-7-9-26-48-38/h1-28,45,50H. The maximum atomic E-state index is 4.97. The molecule has 0 bridgehead atoms. The van der Waals surface area contributed by atoms with Crippen molar-refractivity contribution in [1.82, 2.24) is 15.0 Å². The molecule has 0 spiro atoms. The zero-order valence-electron chi connectivity index (χ0n) is 27.5. The fourth-order valence-electron chi connectivity index (χ4n) is 7.48. The number of anilines is 1. The summed E-state index contributed by atoms with van der Waals surface area (Å²) in [5, 5.41) is 6.68. The van der Waals surface area contributed by atoms with Crippen molar-refractivity contribution in [3.8, 4) is 56.2 Å². The molecule has 5 aromatic carbocycles. The smallest absolute Gasteiger partial charge is 0.0900 e.